The highest BCUT2D eigenvalue weighted by atomic mass is 35.5. The zero-order valence-electron chi connectivity index (χ0n) is 18.8. The molecule has 4 nitrogen and oxygen atoms in total. The molecule has 2 atom stereocenters. The van der Waals surface area contributed by atoms with Gasteiger partial charge < -0.3 is 9.72 Å². The van der Waals surface area contributed by atoms with Crippen LogP contribution in [0, 0.1) is 12.3 Å². The molecule has 1 heterocycles. The third kappa shape index (κ3) is 5.63. The van der Waals surface area contributed by atoms with Crippen molar-refractivity contribution in [2.24, 2.45) is 5.41 Å². The summed E-state index contributed by atoms with van der Waals surface area (Å²) in [7, 11) is 0. The van der Waals surface area contributed by atoms with Crippen LogP contribution in [0.4, 0.5) is 0 Å². The zero-order chi connectivity index (χ0) is 22.5. The van der Waals surface area contributed by atoms with Gasteiger partial charge in [0, 0.05) is 28.8 Å². The Morgan fingerprint density at radius 3 is 2.60 bits per heavy atom. The normalized spacial score (nSPS) is 20.8. The fourth-order valence-corrected chi connectivity index (χ4v) is 4.16. The predicted octanol–water partition coefficient (Wildman–Crippen LogP) is 6.82. The Balaban J connectivity index is 2.51. The molecule has 0 aromatic carbocycles. The average Bonchev–Trinajstić information content (AvgIpc) is 2.86. The SMILES string of the molecule is CC(C)=CCC[C@@]1(C)CC=C(C=O)c2[nH]c(C)c(Cl)c2[C@@H]1/C=C/OC(=O)C=C(C)C. The minimum absolute atomic E-state index is 0.122. The molecule has 0 spiro atoms. The smallest absolute Gasteiger partial charge is 0.335 e. The van der Waals surface area contributed by atoms with E-state index < -0.39 is 5.97 Å². The second-order valence-electron chi connectivity index (χ2n) is 8.77. The van der Waals surface area contributed by atoms with Crippen molar-refractivity contribution in [3.63, 3.8) is 0 Å². The summed E-state index contributed by atoms with van der Waals surface area (Å²) in [5, 5.41) is 0.623. The molecule has 0 unspecified atom stereocenters. The van der Waals surface area contributed by atoms with Crippen molar-refractivity contribution < 1.29 is 14.3 Å². The molecule has 1 aromatic heterocycles. The molecule has 0 saturated carbocycles. The number of fused-ring (bicyclic) bond motifs is 1. The number of halogens is 1. The molecule has 1 aromatic rings. The third-order valence-electron chi connectivity index (χ3n) is 5.54. The number of rotatable bonds is 7. The van der Waals surface area contributed by atoms with E-state index in [1.807, 2.05) is 32.9 Å². The summed E-state index contributed by atoms with van der Waals surface area (Å²) >= 11 is 6.70. The molecule has 0 bridgehead atoms. The van der Waals surface area contributed by atoms with Crippen molar-refractivity contribution >= 4 is 29.4 Å². The van der Waals surface area contributed by atoms with Gasteiger partial charge in [0.25, 0.3) is 0 Å². The molecule has 1 aliphatic carbocycles. The van der Waals surface area contributed by atoms with Gasteiger partial charge in [-0.05, 0) is 65.4 Å². The van der Waals surface area contributed by atoms with E-state index >= 15 is 0 Å². The zero-order valence-corrected chi connectivity index (χ0v) is 19.5. The summed E-state index contributed by atoms with van der Waals surface area (Å²) in [6.07, 6.45) is 12.4. The first-order chi connectivity index (χ1) is 14.1. The monoisotopic (exact) mass is 429 g/mol. The molecule has 0 fully saturated rings. The lowest BCUT2D eigenvalue weighted by Crippen LogP contribution is -2.24. The van der Waals surface area contributed by atoms with E-state index in [0.29, 0.717) is 17.0 Å². The number of aromatic amines is 1. The minimum Gasteiger partial charge on any atom is -0.432 e. The molecule has 5 heteroatoms. The molecular weight excluding hydrogens is 398 g/mol. The Hall–Kier alpha value is -2.33. The second kappa shape index (κ2) is 10.1. The van der Waals surface area contributed by atoms with Gasteiger partial charge in [-0.2, -0.15) is 0 Å². The van der Waals surface area contributed by atoms with Crippen LogP contribution in [-0.4, -0.2) is 17.2 Å². The van der Waals surface area contributed by atoms with Gasteiger partial charge in [0.05, 0.1) is 17.0 Å². The summed E-state index contributed by atoms with van der Waals surface area (Å²) < 4.78 is 5.30. The topological polar surface area (TPSA) is 59.2 Å². The number of ether oxygens (including phenoxy) is 1. The number of aldehydes is 1. The van der Waals surface area contributed by atoms with Crippen molar-refractivity contribution in [3.8, 4) is 0 Å². The summed E-state index contributed by atoms with van der Waals surface area (Å²) in [5.41, 5.74) is 5.02. The predicted molar refractivity (Wildman–Crippen MR) is 123 cm³/mol. The van der Waals surface area contributed by atoms with E-state index in [-0.39, 0.29) is 11.3 Å². The van der Waals surface area contributed by atoms with Crippen molar-refractivity contribution in [2.45, 2.75) is 66.7 Å². The fraction of sp³-hybridized carbons (Fsp3) is 0.440. The summed E-state index contributed by atoms with van der Waals surface area (Å²) in [6.45, 7) is 12.0. The van der Waals surface area contributed by atoms with Crippen LogP contribution in [0.1, 0.15) is 76.8 Å². The van der Waals surface area contributed by atoms with Crippen molar-refractivity contribution in [1.82, 2.24) is 4.98 Å². The molecule has 2 rings (SSSR count). The first kappa shape index (κ1) is 23.9. The molecule has 1 N–H and O–H groups in total. The maximum absolute atomic E-state index is 11.9. The molecule has 0 radical (unpaired) electrons. The molecule has 0 amide bonds. The molecule has 162 valence electrons. The molecule has 0 aliphatic heterocycles. The van der Waals surface area contributed by atoms with Crippen LogP contribution in [0.25, 0.3) is 5.57 Å². The number of hydrogen-bond acceptors (Lipinski definition) is 3. The van der Waals surface area contributed by atoms with E-state index in [2.05, 4.69) is 31.8 Å². The van der Waals surface area contributed by atoms with E-state index in [1.54, 1.807) is 0 Å². The van der Waals surface area contributed by atoms with Gasteiger partial charge >= 0.3 is 5.97 Å². The summed E-state index contributed by atoms with van der Waals surface area (Å²) in [6, 6.07) is 0. The highest BCUT2D eigenvalue weighted by molar-refractivity contribution is 6.32. The summed E-state index contributed by atoms with van der Waals surface area (Å²) in [4.78, 5) is 27.0. The molecule has 1 aliphatic rings. The van der Waals surface area contributed by atoms with E-state index in [9.17, 15) is 9.59 Å². The lowest BCUT2D eigenvalue weighted by Gasteiger charge is -2.35. The van der Waals surface area contributed by atoms with Crippen LogP contribution in [0.3, 0.4) is 0 Å². The highest BCUT2D eigenvalue weighted by Crippen LogP contribution is 2.51. The standard InChI is InChI=1S/C25H32ClNO3/c1-16(2)8-7-11-25(6)12-9-19(15-28)24-22(23(26)18(5)27-24)20(25)10-13-30-21(29)14-17(3)4/h8-10,13-15,20,27H,7,11-12H2,1-6H3/b13-10+/t20-,25-/m0/s1. The maximum Gasteiger partial charge on any atom is 0.335 e. The van der Waals surface area contributed by atoms with Crippen LogP contribution >= 0.6 is 11.6 Å². The fourth-order valence-electron chi connectivity index (χ4n) is 3.90. The number of hydrogen-bond donors (Lipinski definition) is 1. The number of H-pyrrole nitrogens is 1. The van der Waals surface area contributed by atoms with Crippen LogP contribution in [0.15, 0.2) is 41.7 Å². The maximum atomic E-state index is 11.9. The Morgan fingerprint density at radius 2 is 2.00 bits per heavy atom. The van der Waals surface area contributed by atoms with Crippen molar-refractivity contribution in [2.75, 3.05) is 0 Å². The van der Waals surface area contributed by atoms with Crippen LogP contribution < -0.4 is 0 Å². The Labute approximate surface area is 184 Å². The van der Waals surface area contributed by atoms with Crippen molar-refractivity contribution in [1.29, 1.82) is 0 Å². The first-order valence-electron chi connectivity index (χ1n) is 10.3. The van der Waals surface area contributed by atoms with E-state index in [0.717, 1.165) is 41.7 Å². The lowest BCUT2D eigenvalue weighted by atomic mass is 9.69. The van der Waals surface area contributed by atoms with E-state index in [4.69, 9.17) is 16.3 Å². The van der Waals surface area contributed by atoms with Gasteiger partial charge in [-0.3, -0.25) is 4.79 Å². The number of aromatic nitrogens is 1. The number of allylic oxidation sites excluding steroid dienone is 6. The quantitative estimate of drug-likeness (QED) is 0.170. The Bertz CT molecular complexity index is 924. The minimum atomic E-state index is -0.408. The second-order valence-corrected chi connectivity index (χ2v) is 9.15. The van der Waals surface area contributed by atoms with Gasteiger partial charge in [-0.25, -0.2) is 4.79 Å². The Kier molecular flexibility index (Phi) is 8.08. The number of carbonyl (C=O) groups is 2. The van der Waals surface area contributed by atoms with Gasteiger partial charge in [0.2, 0.25) is 0 Å². The number of nitrogens with one attached hydrogen (secondary N) is 1. The number of carbonyl (C=O) groups excluding carboxylic acids is 2. The third-order valence-corrected chi connectivity index (χ3v) is 6.03. The molecular formula is C25H32ClNO3. The lowest BCUT2D eigenvalue weighted by molar-refractivity contribution is -0.132. The largest absolute Gasteiger partial charge is 0.432 e. The average molecular weight is 430 g/mol. The number of esters is 1. The van der Waals surface area contributed by atoms with Crippen LogP contribution in [-0.2, 0) is 14.3 Å². The van der Waals surface area contributed by atoms with Gasteiger partial charge in [-0.15, -0.1) is 0 Å². The molecule has 30 heavy (non-hydrogen) atoms. The first-order valence-corrected chi connectivity index (χ1v) is 10.7. The van der Waals surface area contributed by atoms with E-state index in [1.165, 1.54) is 17.9 Å². The van der Waals surface area contributed by atoms with Crippen LogP contribution in [0.5, 0.6) is 0 Å². The van der Waals surface area contributed by atoms with Crippen molar-refractivity contribution in [3.05, 3.63) is 63.7 Å². The van der Waals surface area contributed by atoms with Gasteiger partial charge in [0.1, 0.15) is 0 Å². The van der Waals surface area contributed by atoms with Gasteiger partial charge in [-0.1, -0.05) is 41.8 Å². The Morgan fingerprint density at radius 1 is 1.30 bits per heavy atom. The summed E-state index contributed by atoms with van der Waals surface area (Å²) in [5.74, 6) is -0.530. The van der Waals surface area contributed by atoms with Crippen LogP contribution in [0.2, 0.25) is 5.02 Å². The highest BCUT2D eigenvalue weighted by Gasteiger charge is 2.39. The molecule has 0 saturated heterocycles. The number of aryl methyl sites for hydroxylation is 1. The van der Waals surface area contributed by atoms with Gasteiger partial charge in [0.15, 0.2) is 6.29 Å².